The van der Waals surface area contributed by atoms with Gasteiger partial charge in [-0.05, 0) is 62.8 Å². The normalized spacial score (nSPS) is 32.4. The molecule has 118 valence electrons. The fourth-order valence-corrected chi connectivity index (χ4v) is 4.30. The van der Waals surface area contributed by atoms with Crippen molar-refractivity contribution in [2.75, 3.05) is 13.1 Å². The molecule has 2 unspecified atom stereocenters. The van der Waals surface area contributed by atoms with Gasteiger partial charge >= 0.3 is 0 Å². The highest BCUT2D eigenvalue weighted by Gasteiger charge is 2.44. The van der Waals surface area contributed by atoms with Gasteiger partial charge in [0.25, 0.3) is 0 Å². The van der Waals surface area contributed by atoms with Gasteiger partial charge < -0.3 is 5.73 Å². The van der Waals surface area contributed by atoms with Crippen molar-refractivity contribution in [3.8, 4) is 0 Å². The molecular formula is C18H36N2. The van der Waals surface area contributed by atoms with Gasteiger partial charge in [0.05, 0.1) is 0 Å². The minimum Gasteiger partial charge on any atom is -0.329 e. The molecule has 0 aromatic heterocycles. The highest BCUT2D eigenvalue weighted by Crippen LogP contribution is 2.44. The molecule has 0 radical (unpaired) electrons. The number of hydrogen-bond acceptors (Lipinski definition) is 2. The standard InChI is InChI=1S/C18H36N2/c1-5-13-20(16-8-9-16)18(14-19)11-6-7-15(10-12-18)17(2,3)4/h15-16H,5-14,19H2,1-4H3. The van der Waals surface area contributed by atoms with E-state index >= 15 is 0 Å². The van der Waals surface area contributed by atoms with Gasteiger partial charge in [-0.3, -0.25) is 4.90 Å². The van der Waals surface area contributed by atoms with Crippen molar-refractivity contribution in [3.63, 3.8) is 0 Å². The molecule has 0 aromatic rings. The summed E-state index contributed by atoms with van der Waals surface area (Å²) >= 11 is 0. The summed E-state index contributed by atoms with van der Waals surface area (Å²) in [6.07, 6.45) is 10.9. The zero-order chi connectivity index (χ0) is 14.8. The van der Waals surface area contributed by atoms with Crippen LogP contribution in [0, 0.1) is 11.3 Å². The van der Waals surface area contributed by atoms with Crippen LogP contribution in [0.1, 0.15) is 79.1 Å². The molecule has 0 amide bonds. The quantitative estimate of drug-likeness (QED) is 0.765. The molecular weight excluding hydrogens is 244 g/mol. The van der Waals surface area contributed by atoms with Crippen LogP contribution in [0.4, 0.5) is 0 Å². The van der Waals surface area contributed by atoms with Gasteiger partial charge in [-0.1, -0.05) is 34.1 Å². The van der Waals surface area contributed by atoms with Gasteiger partial charge in [-0.2, -0.15) is 0 Å². The second-order valence-corrected chi connectivity index (χ2v) is 8.35. The van der Waals surface area contributed by atoms with E-state index in [0.717, 1.165) is 18.5 Å². The highest BCUT2D eigenvalue weighted by molar-refractivity contribution is 5.01. The maximum atomic E-state index is 6.32. The van der Waals surface area contributed by atoms with E-state index in [0.29, 0.717) is 11.0 Å². The Morgan fingerprint density at radius 1 is 1.10 bits per heavy atom. The summed E-state index contributed by atoms with van der Waals surface area (Å²) in [6, 6.07) is 0.852. The second kappa shape index (κ2) is 6.36. The average Bonchev–Trinajstić information content (AvgIpc) is 3.21. The third-order valence-corrected chi connectivity index (χ3v) is 5.82. The predicted octanol–water partition coefficient (Wildman–Crippen LogP) is 4.18. The van der Waals surface area contributed by atoms with Gasteiger partial charge in [0, 0.05) is 18.1 Å². The van der Waals surface area contributed by atoms with Gasteiger partial charge in [0.1, 0.15) is 0 Å². The fraction of sp³-hybridized carbons (Fsp3) is 1.00. The van der Waals surface area contributed by atoms with Gasteiger partial charge in [-0.25, -0.2) is 0 Å². The Balaban J connectivity index is 2.10. The number of rotatable bonds is 5. The number of nitrogens with two attached hydrogens (primary N) is 1. The summed E-state index contributed by atoms with van der Waals surface area (Å²) in [5.74, 6) is 0.874. The Kier molecular flexibility index (Phi) is 5.18. The van der Waals surface area contributed by atoms with Crippen LogP contribution in [-0.4, -0.2) is 29.6 Å². The van der Waals surface area contributed by atoms with Crippen molar-refractivity contribution in [3.05, 3.63) is 0 Å². The molecule has 2 rings (SSSR count). The molecule has 0 bridgehead atoms. The van der Waals surface area contributed by atoms with Crippen molar-refractivity contribution in [1.29, 1.82) is 0 Å². The first-order valence-corrected chi connectivity index (χ1v) is 8.90. The average molecular weight is 280 g/mol. The number of hydrogen-bond donors (Lipinski definition) is 1. The lowest BCUT2D eigenvalue weighted by Gasteiger charge is -2.44. The lowest BCUT2D eigenvalue weighted by Crippen LogP contribution is -2.55. The summed E-state index contributed by atoms with van der Waals surface area (Å²) in [5.41, 5.74) is 7.09. The molecule has 2 aliphatic rings. The van der Waals surface area contributed by atoms with Crippen LogP contribution in [0.15, 0.2) is 0 Å². The van der Waals surface area contributed by atoms with Gasteiger partial charge in [0.15, 0.2) is 0 Å². The zero-order valence-electron chi connectivity index (χ0n) is 14.3. The molecule has 2 N–H and O–H groups in total. The molecule has 0 aliphatic heterocycles. The van der Waals surface area contributed by atoms with Crippen molar-refractivity contribution in [1.82, 2.24) is 4.90 Å². The maximum absolute atomic E-state index is 6.32. The fourth-order valence-electron chi connectivity index (χ4n) is 4.30. The Bertz CT molecular complexity index is 303. The van der Waals surface area contributed by atoms with Crippen LogP contribution in [0.2, 0.25) is 0 Å². The zero-order valence-corrected chi connectivity index (χ0v) is 14.3. The molecule has 0 aromatic carbocycles. The predicted molar refractivity (Wildman–Crippen MR) is 87.8 cm³/mol. The van der Waals surface area contributed by atoms with E-state index in [1.807, 2.05) is 0 Å². The van der Waals surface area contributed by atoms with Crippen LogP contribution in [0.25, 0.3) is 0 Å². The van der Waals surface area contributed by atoms with Crippen LogP contribution >= 0.6 is 0 Å². The summed E-state index contributed by atoms with van der Waals surface area (Å²) in [7, 11) is 0. The summed E-state index contributed by atoms with van der Waals surface area (Å²) in [5, 5.41) is 0. The molecule has 2 heteroatoms. The third-order valence-electron chi connectivity index (χ3n) is 5.82. The van der Waals surface area contributed by atoms with Gasteiger partial charge in [-0.15, -0.1) is 0 Å². The van der Waals surface area contributed by atoms with E-state index in [2.05, 4.69) is 32.6 Å². The van der Waals surface area contributed by atoms with Crippen molar-refractivity contribution < 1.29 is 0 Å². The molecule has 2 nitrogen and oxygen atoms in total. The molecule has 2 aliphatic carbocycles. The summed E-state index contributed by atoms with van der Waals surface area (Å²) in [6.45, 7) is 11.7. The lowest BCUT2D eigenvalue weighted by atomic mass is 9.76. The monoisotopic (exact) mass is 280 g/mol. The SMILES string of the molecule is CCCN(C1CC1)C1(CN)CCCC(C(C)(C)C)CC1. The smallest absolute Gasteiger partial charge is 0.0334 e. The largest absolute Gasteiger partial charge is 0.329 e. The molecule has 20 heavy (non-hydrogen) atoms. The molecule has 0 heterocycles. The molecule has 2 atom stereocenters. The van der Waals surface area contributed by atoms with Crippen molar-refractivity contribution in [2.24, 2.45) is 17.1 Å². The third kappa shape index (κ3) is 3.57. The van der Waals surface area contributed by atoms with Gasteiger partial charge in [0.2, 0.25) is 0 Å². The summed E-state index contributed by atoms with van der Waals surface area (Å²) in [4.78, 5) is 2.82. The topological polar surface area (TPSA) is 29.3 Å². The Hall–Kier alpha value is -0.0800. The van der Waals surface area contributed by atoms with E-state index in [1.165, 1.54) is 57.9 Å². The van der Waals surface area contributed by atoms with Crippen LogP contribution in [-0.2, 0) is 0 Å². The van der Waals surface area contributed by atoms with E-state index in [9.17, 15) is 0 Å². The molecule has 0 spiro atoms. The van der Waals surface area contributed by atoms with Crippen LogP contribution in [0.3, 0.4) is 0 Å². The van der Waals surface area contributed by atoms with E-state index in [1.54, 1.807) is 0 Å². The van der Waals surface area contributed by atoms with Crippen LogP contribution < -0.4 is 5.73 Å². The first kappa shape index (κ1) is 16.3. The Labute approximate surface area is 126 Å². The Morgan fingerprint density at radius 3 is 2.30 bits per heavy atom. The lowest BCUT2D eigenvalue weighted by molar-refractivity contribution is 0.0660. The highest BCUT2D eigenvalue weighted by atomic mass is 15.3. The first-order valence-electron chi connectivity index (χ1n) is 8.90. The Morgan fingerprint density at radius 2 is 1.80 bits per heavy atom. The minimum atomic E-state index is 0.317. The van der Waals surface area contributed by atoms with Crippen molar-refractivity contribution >= 4 is 0 Å². The van der Waals surface area contributed by atoms with Crippen molar-refractivity contribution in [2.45, 2.75) is 90.6 Å². The van der Waals surface area contributed by atoms with E-state index in [4.69, 9.17) is 5.73 Å². The molecule has 2 fully saturated rings. The molecule has 0 saturated heterocycles. The maximum Gasteiger partial charge on any atom is 0.0334 e. The van der Waals surface area contributed by atoms with E-state index < -0.39 is 0 Å². The van der Waals surface area contributed by atoms with Crippen LogP contribution in [0.5, 0.6) is 0 Å². The summed E-state index contributed by atoms with van der Waals surface area (Å²) < 4.78 is 0. The first-order chi connectivity index (χ1) is 9.43. The molecule has 2 saturated carbocycles. The van der Waals surface area contributed by atoms with E-state index in [-0.39, 0.29) is 0 Å². The number of nitrogens with zero attached hydrogens (tertiary/aromatic N) is 1. The minimum absolute atomic E-state index is 0.317. The second-order valence-electron chi connectivity index (χ2n) is 8.35.